The molecule has 0 atom stereocenters. The number of fused-ring (bicyclic) bond motifs is 1. The summed E-state index contributed by atoms with van der Waals surface area (Å²) in [5.74, 6) is 0.439. The molecule has 0 bridgehead atoms. The Morgan fingerprint density at radius 2 is 1.92 bits per heavy atom. The van der Waals surface area contributed by atoms with E-state index in [0.717, 1.165) is 0 Å². The molecule has 12 heavy (non-hydrogen) atoms. The third-order valence-electron chi connectivity index (χ3n) is 1.99. The molecular formula is C11H10O. The number of allylic oxidation sites excluding steroid dienone is 9. The standard InChI is InChI=1S/C11H10O/c12-11-7-6-9-4-2-1-3-5-10(9)8-11/h1-7,12H,8H2. The Bertz CT molecular complexity index is 338. The number of aliphatic hydroxyl groups excluding tert-OH is 1. The van der Waals surface area contributed by atoms with Gasteiger partial charge in [0.1, 0.15) is 0 Å². The summed E-state index contributed by atoms with van der Waals surface area (Å²) in [4.78, 5) is 0. The number of rotatable bonds is 0. The molecule has 0 saturated carbocycles. The molecule has 0 aromatic rings. The molecule has 0 aromatic heterocycles. The minimum absolute atomic E-state index is 0.439. The fraction of sp³-hybridized carbons (Fsp3) is 0.0909. The summed E-state index contributed by atoms with van der Waals surface area (Å²) in [5.41, 5.74) is 2.37. The fourth-order valence-electron chi connectivity index (χ4n) is 1.36. The van der Waals surface area contributed by atoms with Crippen LogP contribution in [0.2, 0.25) is 0 Å². The van der Waals surface area contributed by atoms with Gasteiger partial charge in [-0.05, 0) is 17.2 Å². The van der Waals surface area contributed by atoms with Crippen LogP contribution in [0.15, 0.2) is 59.4 Å². The summed E-state index contributed by atoms with van der Waals surface area (Å²) in [6.45, 7) is 0. The van der Waals surface area contributed by atoms with Gasteiger partial charge < -0.3 is 5.11 Å². The Labute approximate surface area is 71.7 Å². The molecule has 0 fully saturated rings. The van der Waals surface area contributed by atoms with Gasteiger partial charge in [-0.1, -0.05) is 36.5 Å². The summed E-state index contributed by atoms with van der Waals surface area (Å²) in [6, 6.07) is 0. The van der Waals surface area contributed by atoms with Gasteiger partial charge in [0.15, 0.2) is 0 Å². The van der Waals surface area contributed by atoms with Gasteiger partial charge in [-0.2, -0.15) is 0 Å². The zero-order valence-electron chi connectivity index (χ0n) is 6.70. The predicted molar refractivity (Wildman–Crippen MR) is 49.8 cm³/mol. The van der Waals surface area contributed by atoms with Crippen molar-refractivity contribution in [1.29, 1.82) is 0 Å². The van der Waals surface area contributed by atoms with Crippen LogP contribution in [-0.2, 0) is 0 Å². The van der Waals surface area contributed by atoms with E-state index in [1.165, 1.54) is 11.1 Å². The molecule has 0 radical (unpaired) electrons. The van der Waals surface area contributed by atoms with Gasteiger partial charge in [-0.25, -0.2) is 0 Å². The summed E-state index contributed by atoms with van der Waals surface area (Å²) < 4.78 is 0. The first-order valence-corrected chi connectivity index (χ1v) is 4.00. The molecule has 1 N–H and O–H groups in total. The summed E-state index contributed by atoms with van der Waals surface area (Å²) in [5, 5.41) is 9.27. The first-order valence-electron chi connectivity index (χ1n) is 4.00. The monoisotopic (exact) mass is 158 g/mol. The van der Waals surface area contributed by atoms with Crippen LogP contribution >= 0.6 is 0 Å². The highest BCUT2D eigenvalue weighted by Gasteiger charge is 2.08. The smallest absolute Gasteiger partial charge is 0.0966 e. The van der Waals surface area contributed by atoms with Crippen molar-refractivity contribution >= 4 is 0 Å². The van der Waals surface area contributed by atoms with Crippen molar-refractivity contribution in [3.8, 4) is 0 Å². The van der Waals surface area contributed by atoms with Gasteiger partial charge in [0, 0.05) is 6.42 Å². The maximum Gasteiger partial charge on any atom is 0.0966 e. The molecule has 2 rings (SSSR count). The van der Waals surface area contributed by atoms with E-state index in [9.17, 15) is 5.11 Å². The van der Waals surface area contributed by atoms with Crippen LogP contribution in [0.25, 0.3) is 0 Å². The second-order valence-electron chi connectivity index (χ2n) is 2.89. The number of aliphatic hydroxyl groups is 1. The molecule has 0 spiro atoms. The van der Waals surface area contributed by atoms with Crippen molar-refractivity contribution in [3.63, 3.8) is 0 Å². The lowest BCUT2D eigenvalue weighted by molar-refractivity contribution is 0.397. The molecular weight excluding hydrogens is 148 g/mol. The van der Waals surface area contributed by atoms with Gasteiger partial charge in [0.05, 0.1) is 5.76 Å². The molecule has 0 aromatic carbocycles. The Hall–Kier alpha value is -1.50. The van der Waals surface area contributed by atoms with Crippen LogP contribution in [-0.4, -0.2) is 5.11 Å². The predicted octanol–water partition coefficient (Wildman–Crippen LogP) is 2.81. The molecule has 2 aliphatic rings. The Balaban J connectivity index is 2.43. The molecule has 0 saturated heterocycles. The SMILES string of the molecule is OC1=CC=C2C=CC=CC=C2C1. The largest absolute Gasteiger partial charge is 0.512 e. The zero-order chi connectivity index (χ0) is 8.39. The third-order valence-corrected chi connectivity index (χ3v) is 1.99. The first kappa shape index (κ1) is 7.17. The number of hydrogen-bond acceptors (Lipinski definition) is 1. The van der Waals surface area contributed by atoms with E-state index in [-0.39, 0.29) is 0 Å². The Kier molecular flexibility index (Phi) is 1.71. The van der Waals surface area contributed by atoms with Gasteiger partial charge in [-0.3, -0.25) is 0 Å². The Morgan fingerprint density at radius 3 is 2.83 bits per heavy atom. The summed E-state index contributed by atoms with van der Waals surface area (Å²) >= 11 is 0. The molecule has 1 heteroatoms. The van der Waals surface area contributed by atoms with Gasteiger partial charge in [0.2, 0.25) is 0 Å². The minimum Gasteiger partial charge on any atom is -0.512 e. The van der Waals surface area contributed by atoms with Crippen LogP contribution in [0, 0.1) is 0 Å². The number of hydrogen-bond donors (Lipinski definition) is 1. The maximum atomic E-state index is 9.27. The fourth-order valence-corrected chi connectivity index (χ4v) is 1.36. The van der Waals surface area contributed by atoms with E-state index < -0.39 is 0 Å². The highest BCUT2D eigenvalue weighted by atomic mass is 16.3. The lowest BCUT2D eigenvalue weighted by Crippen LogP contribution is -1.94. The van der Waals surface area contributed by atoms with E-state index in [1.54, 1.807) is 6.08 Å². The molecule has 1 nitrogen and oxygen atoms in total. The highest BCUT2D eigenvalue weighted by molar-refractivity contribution is 5.50. The average molecular weight is 158 g/mol. The second kappa shape index (κ2) is 2.86. The molecule has 0 amide bonds. The van der Waals surface area contributed by atoms with Crippen molar-refractivity contribution in [3.05, 3.63) is 59.4 Å². The van der Waals surface area contributed by atoms with Gasteiger partial charge in [-0.15, -0.1) is 0 Å². The summed E-state index contributed by atoms with van der Waals surface area (Å²) in [7, 11) is 0. The average Bonchev–Trinajstić information content (AvgIpc) is 2.28. The van der Waals surface area contributed by atoms with Crippen LogP contribution < -0.4 is 0 Å². The van der Waals surface area contributed by atoms with E-state index in [0.29, 0.717) is 12.2 Å². The van der Waals surface area contributed by atoms with E-state index in [1.807, 2.05) is 30.4 Å². The topological polar surface area (TPSA) is 20.2 Å². The van der Waals surface area contributed by atoms with Crippen LogP contribution in [0.3, 0.4) is 0 Å². The quantitative estimate of drug-likeness (QED) is 0.574. The molecule has 60 valence electrons. The minimum atomic E-state index is 0.439. The first-order chi connectivity index (χ1) is 5.86. The van der Waals surface area contributed by atoms with Crippen molar-refractivity contribution in [2.45, 2.75) is 6.42 Å². The van der Waals surface area contributed by atoms with Crippen molar-refractivity contribution in [2.24, 2.45) is 0 Å². The van der Waals surface area contributed by atoms with E-state index in [4.69, 9.17) is 0 Å². The van der Waals surface area contributed by atoms with Crippen molar-refractivity contribution in [1.82, 2.24) is 0 Å². The van der Waals surface area contributed by atoms with Gasteiger partial charge >= 0.3 is 0 Å². The van der Waals surface area contributed by atoms with Gasteiger partial charge in [0.25, 0.3) is 0 Å². The highest BCUT2D eigenvalue weighted by Crippen LogP contribution is 2.25. The van der Waals surface area contributed by atoms with Crippen LogP contribution in [0.1, 0.15) is 6.42 Å². The summed E-state index contributed by atoms with van der Waals surface area (Å²) in [6.07, 6.45) is 14.4. The lowest BCUT2D eigenvalue weighted by atomic mass is 9.97. The molecule has 0 heterocycles. The molecule has 0 unspecified atom stereocenters. The van der Waals surface area contributed by atoms with Crippen molar-refractivity contribution in [2.75, 3.05) is 0 Å². The van der Waals surface area contributed by atoms with Crippen LogP contribution in [0.5, 0.6) is 0 Å². The van der Waals surface area contributed by atoms with E-state index >= 15 is 0 Å². The maximum absolute atomic E-state index is 9.27. The lowest BCUT2D eigenvalue weighted by Gasteiger charge is -2.10. The van der Waals surface area contributed by atoms with E-state index in [2.05, 4.69) is 6.08 Å². The molecule has 2 aliphatic carbocycles. The Morgan fingerprint density at radius 1 is 1.00 bits per heavy atom. The second-order valence-corrected chi connectivity index (χ2v) is 2.89. The van der Waals surface area contributed by atoms with Crippen LogP contribution in [0.4, 0.5) is 0 Å². The van der Waals surface area contributed by atoms with Crippen molar-refractivity contribution < 1.29 is 5.11 Å². The normalized spacial score (nSPS) is 20.5. The zero-order valence-corrected chi connectivity index (χ0v) is 6.70. The third kappa shape index (κ3) is 1.26. The molecule has 0 aliphatic heterocycles.